The zero-order valence-corrected chi connectivity index (χ0v) is 34.9. The van der Waals surface area contributed by atoms with Crippen molar-refractivity contribution in [3.8, 4) is 23.0 Å². The molecule has 7 nitrogen and oxygen atoms in total. The maximum absolute atomic E-state index is 13.9. The molecule has 0 heterocycles. The predicted octanol–water partition coefficient (Wildman–Crippen LogP) is 12.3. The van der Waals surface area contributed by atoms with Crippen LogP contribution in [0.4, 0.5) is 0 Å². The summed E-state index contributed by atoms with van der Waals surface area (Å²) in [7, 11) is 0. The zero-order chi connectivity index (χ0) is 42.1. The predicted molar refractivity (Wildman–Crippen MR) is 245 cm³/mol. The number of nitrogens with zero attached hydrogens (tertiary/aromatic N) is 1. The lowest BCUT2D eigenvalue weighted by Crippen LogP contribution is -2.18. The molecule has 61 heavy (non-hydrogen) atoms. The van der Waals surface area contributed by atoms with Gasteiger partial charge in [-0.1, -0.05) is 121 Å². The number of amides is 1. The van der Waals surface area contributed by atoms with Crippen LogP contribution in [-0.4, -0.2) is 12.1 Å². The third-order valence-electron chi connectivity index (χ3n) is 11.0. The van der Waals surface area contributed by atoms with Gasteiger partial charge in [-0.05, 0) is 124 Å². The lowest BCUT2D eigenvalue weighted by molar-refractivity contribution is 0.0954. The number of ether oxygens (including phenoxy) is 4. The minimum Gasteiger partial charge on any atom is -0.489 e. The number of benzene rings is 8. The summed E-state index contributed by atoms with van der Waals surface area (Å²) in [5.41, 5.74) is 12.4. The van der Waals surface area contributed by atoms with Crippen LogP contribution in [0, 0.1) is 27.7 Å². The van der Waals surface area contributed by atoms with Gasteiger partial charge in [0.05, 0.1) is 6.21 Å². The molecule has 0 aliphatic rings. The summed E-state index contributed by atoms with van der Waals surface area (Å²) in [4.78, 5) is 13.9. The largest absolute Gasteiger partial charge is 0.489 e. The monoisotopic (exact) mass is 804 g/mol. The van der Waals surface area contributed by atoms with Crippen molar-refractivity contribution >= 4 is 33.7 Å². The van der Waals surface area contributed by atoms with E-state index in [9.17, 15) is 4.79 Å². The molecule has 7 heteroatoms. The van der Waals surface area contributed by atoms with Gasteiger partial charge in [-0.15, -0.1) is 0 Å². The first-order chi connectivity index (χ1) is 29.8. The van der Waals surface area contributed by atoms with Gasteiger partial charge in [0.15, 0.2) is 0 Å². The summed E-state index contributed by atoms with van der Waals surface area (Å²) in [5, 5.41) is 8.75. The number of hydrogen-bond acceptors (Lipinski definition) is 6. The normalized spacial score (nSPS) is 11.2. The molecule has 0 aliphatic carbocycles. The Morgan fingerprint density at radius 2 is 0.934 bits per heavy atom. The Labute approximate surface area is 357 Å². The van der Waals surface area contributed by atoms with Crippen LogP contribution in [0.25, 0.3) is 21.5 Å². The molecule has 0 atom stereocenters. The van der Waals surface area contributed by atoms with Crippen molar-refractivity contribution in [2.75, 3.05) is 0 Å². The van der Waals surface area contributed by atoms with E-state index >= 15 is 0 Å². The average molecular weight is 805 g/mol. The zero-order valence-electron chi connectivity index (χ0n) is 34.9. The molecule has 0 fully saturated rings. The lowest BCUT2D eigenvalue weighted by Gasteiger charge is -2.16. The Morgan fingerprint density at radius 1 is 0.492 bits per heavy atom. The third kappa shape index (κ3) is 9.91. The summed E-state index contributed by atoms with van der Waals surface area (Å²) in [6.07, 6.45) is 1.72. The molecule has 8 aromatic carbocycles. The number of fused-ring (bicyclic) bond motifs is 2. The topological polar surface area (TPSA) is 78.4 Å². The van der Waals surface area contributed by atoms with Gasteiger partial charge in [-0.25, -0.2) is 5.43 Å². The van der Waals surface area contributed by atoms with Crippen molar-refractivity contribution in [3.63, 3.8) is 0 Å². The fraction of sp³-hybridized carbons (Fsp3) is 0.148. The van der Waals surface area contributed by atoms with Gasteiger partial charge in [0.1, 0.15) is 49.4 Å². The first-order valence-electron chi connectivity index (χ1n) is 20.5. The standard InChI is InChI=1S/C54H48N2O5/c1-36-23-42(25-52(38(36)3)60-32-40-15-7-5-8-16-40)34-58-47-28-46(54(57)56-55-31-51-49-21-13-11-19-44(49)27-45-20-12-14-22-50(45)51)29-48(30-47)59-35-43-24-37(2)39(4)53(26-43)61-33-41-17-9-6-10-18-41/h5-31H,32-35H2,1-4H3,(H,56,57)/b55-31+. The van der Waals surface area contributed by atoms with Gasteiger partial charge >= 0.3 is 0 Å². The minimum absolute atomic E-state index is 0.249. The van der Waals surface area contributed by atoms with Crippen LogP contribution in [-0.2, 0) is 26.4 Å². The Morgan fingerprint density at radius 3 is 1.43 bits per heavy atom. The molecular weight excluding hydrogens is 757 g/mol. The van der Waals surface area contributed by atoms with Crippen molar-refractivity contribution in [3.05, 3.63) is 213 Å². The fourth-order valence-electron chi connectivity index (χ4n) is 7.35. The first-order valence-corrected chi connectivity index (χ1v) is 20.5. The quantitative estimate of drug-likeness (QED) is 0.0634. The summed E-state index contributed by atoms with van der Waals surface area (Å²) in [6.45, 7) is 9.68. The van der Waals surface area contributed by atoms with Gasteiger partial charge < -0.3 is 18.9 Å². The van der Waals surface area contributed by atoms with Crippen molar-refractivity contribution < 1.29 is 23.7 Å². The van der Waals surface area contributed by atoms with E-state index in [-0.39, 0.29) is 13.2 Å². The molecule has 304 valence electrons. The molecule has 8 aromatic rings. The Bertz CT molecular complexity index is 2680. The van der Waals surface area contributed by atoms with Crippen LogP contribution in [0.2, 0.25) is 0 Å². The maximum atomic E-state index is 13.9. The van der Waals surface area contributed by atoms with Gasteiger partial charge in [-0.2, -0.15) is 5.10 Å². The average Bonchev–Trinajstić information content (AvgIpc) is 3.29. The second-order valence-electron chi connectivity index (χ2n) is 15.3. The molecule has 0 unspecified atom stereocenters. The Balaban J connectivity index is 1.04. The highest BCUT2D eigenvalue weighted by atomic mass is 16.5. The number of nitrogens with one attached hydrogen (secondary N) is 1. The van der Waals surface area contributed by atoms with Gasteiger partial charge in [0.2, 0.25) is 0 Å². The number of hydrazone groups is 1. The van der Waals surface area contributed by atoms with E-state index in [1.54, 1.807) is 18.3 Å². The molecule has 0 saturated heterocycles. The Hall–Kier alpha value is -7.38. The maximum Gasteiger partial charge on any atom is 0.271 e. The molecule has 0 aromatic heterocycles. The summed E-state index contributed by atoms with van der Waals surface area (Å²) in [5.74, 6) is 2.16. The van der Waals surface area contributed by atoms with Crippen molar-refractivity contribution in [1.82, 2.24) is 5.43 Å². The summed E-state index contributed by atoms with van der Waals surface area (Å²) in [6, 6.07) is 52.2. The number of hydrogen-bond donors (Lipinski definition) is 1. The van der Waals surface area contributed by atoms with Gasteiger partial charge in [0.25, 0.3) is 5.91 Å². The molecule has 1 amide bonds. The summed E-state index contributed by atoms with van der Waals surface area (Å²) >= 11 is 0. The smallest absolute Gasteiger partial charge is 0.271 e. The molecule has 0 aliphatic heterocycles. The van der Waals surface area contributed by atoms with Crippen LogP contribution >= 0.6 is 0 Å². The van der Waals surface area contributed by atoms with E-state index in [2.05, 4.69) is 80.7 Å². The number of rotatable bonds is 15. The molecule has 0 radical (unpaired) electrons. The van der Waals surface area contributed by atoms with E-state index in [0.29, 0.717) is 30.3 Å². The van der Waals surface area contributed by atoms with Crippen LogP contribution in [0.15, 0.2) is 163 Å². The van der Waals surface area contributed by atoms with E-state index in [0.717, 1.165) is 83.1 Å². The van der Waals surface area contributed by atoms with E-state index in [1.807, 2.05) is 103 Å². The molecule has 1 N–H and O–H groups in total. The highest BCUT2D eigenvalue weighted by Crippen LogP contribution is 2.31. The highest BCUT2D eigenvalue weighted by molar-refractivity contribution is 6.13. The highest BCUT2D eigenvalue weighted by Gasteiger charge is 2.14. The second-order valence-corrected chi connectivity index (χ2v) is 15.3. The molecule has 0 saturated carbocycles. The number of carbonyl (C=O) groups is 1. The first kappa shape index (κ1) is 40.4. The summed E-state index contributed by atoms with van der Waals surface area (Å²) < 4.78 is 25.4. The number of aryl methyl sites for hydroxylation is 2. The third-order valence-corrected chi connectivity index (χ3v) is 11.0. The van der Waals surface area contributed by atoms with Crippen LogP contribution in [0.1, 0.15) is 60.4 Å². The fourth-order valence-corrected chi connectivity index (χ4v) is 7.35. The number of carbonyl (C=O) groups excluding carboxylic acids is 1. The van der Waals surface area contributed by atoms with Gasteiger partial charge in [0, 0.05) is 17.2 Å². The van der Waals surface area contributed by atoms with Gasteiger partial charge in [-0.3, -0.25) is 4.79 Å². The minimum atomic E-state index is -0.401. The van der Waals surface area contributed by atoms with E-state index in [4.69, 9.17) is 18.9 Å². The Kier molecular flexibility index (Phi) is 12.4. The molecule has 8 rings (SSSR count). The van der Waals surface area contributed by atoms with Crippen molar-refractivity contribution in [2.45, 2.75) is 54.1 Å². The van der Waals surface area contributed by atoms with E-state index < -0.39 is 5.91 Å². The molecule has 0 spiro atoms. The second kappa shape index (κ2) is 18.7. The SMILES string of the molecule is Cc1cc(COc2cc(OCc3cc(C)c(C)c(OCc4ccccc4)c3)cc(C(=O)N/N=C/c3c4ccccc4cc4ccccc34)c2)cc(OCc2ccccc2)c1C. The van der Waals surface area contributed by atoms with Crippen LogP contribution in [0.3, 0.4) is 0 Å². The molecular formula is C54H48N2O5. The lowest BCUT2D eigenvalue weighted by atomic mass is 9.97. The van der Waals surface area contributed by atoms with E-state index in [1.165, 1.54) is 0 Å². The van der Waals surface area contributed by atoms with Crippen molar-refractivity contribution in [2.24, 2.45) is 5.10 Å². The molecule has 0 bridgehead atoms. The van der Waals surface area contributed by atoms with Crippen LogP contribution < -0.4 is 24.4 Å². The van der Waals surface area contributed by atoms with Crippen LogP contribution in [0.5, 0.6) is 23.0 Å². The van der Waals surface area contributed by atoms with Crippen molar-refractivity contribution in [1.29, 1.82) is 0 Å².